The molecular formula is C15H23NO3. The highest BCUT2D eigenvalue weighted by molar-refractivity contribution is 5.74. The highest BCUT2D eigenvalue weighted by Crippen LogP contribution is 2.23. The molecule has 1 atom stereocenters. The molecule has 0 aliphatic heterocycles. The second kappa shape index (κ2) is 6.57. The molecule has 0 saturated heterocycles. The highest BCUT2D eigenvalue weighted by atomic mass is 16.5. The average molecular weight is 265 g/mol. The monoisotopic (exact) mass is 265 g/mol. The van der Waals surface area contributed by atoms with E-state index in [0.717, 1.165) is 11.3 Å². The first kappa shape index (κ1) is 15.5. The van der Waals surface area contributed by atoms with Gasteiger partial charge >= 0.3 is 5.97 Å². The van der Waals surface area contributed by atoms with Gasteiger partial charge in [0.25, 0.3) is 0 Å². The maximum atomic E-state index is 11.3. The van der Waals surface area contributed by atoms with Crippen molar-refractivity contribution in [2.75, 3.05) is 20.7 Å². The van der Waals surface area contributed by atoms with Crippen LogP contribution in [0.1, 0.15) is 25.8 Å². The van der Waals surface area contributed by atoms with Gasteiger partial charge in [0.1, 0.15) is 5.75 Å². The zero-order valence-corrected chi connectivity index (χ0v) is 12.1. The number of carboxylic acids is 1. The summed E-state index contributed by atoms with van der Waals surface area (Å²) in [5.41, 5.74) is 0.416. The summed E-state index contributed by atoms with van der Waals surface area (Å²) in [7, 11) is 3.58. The third kappa shape index (κ3) is 4.24. The maximum absolute atomic E-state index is 11.3. The molecule has 0 heterocycles. The summed E-state index contributed by atoms with van der Waals surface area (Å²) in [6.45, 7) is 4.93. The Kier molecular flexibility index (Phi) is 5.36. The topological polar surface area (TPSA) is 49.8 Å². The number of carbonyl (C=O) groups is 1. The molecule has 1 rings (SSSR count). The van der Waals surface area contributed by atoms with Crippen molar-refractivity contribution < 1.29 is 14.6 Å². The molecule has 0 aliphatic rings. The second-order valence-electron chi connectivity index (χ2n) is 5.24. The van der Waals surface area contributed by atoms with Gasteiger partial charge in [-0.05, 0) is 38.1 Å². The van der Waals surface area contributed by atoms with Crippen molar-refractivity contribution in [1.29, 1.82) is 0 Å². The normalized spacial score (nSPS) is 14.2. The van der Waals surface area contributed by atoms with Crippen LogP contribution in [0.4, 0.5) is 0 Å². The van der Waals surface area contributed by atoms with Crippen LogP contribution in [0.15, 0.2) is 24.3 Å². The summed E-state index contributed by atoms with van der Waals surface area (Å²) in [6.07, 6.45) is 0.616. The number of methoxy groups -OCH3 is 1. The molecule has 0 aromatic heterocycles. The Morgan fingerprint density at radius 2 is 2.16 bits per heavy atom. The number of aliphatic carboxylic acids is 1. The van der Waals surface area contributed by atoms with E-state index in [-0.39, 0.29) is 0 Å². The van der Waals surface area contributed by atoms with Crippen LogP contribution in [-0.2, 0) is 11.3 Å². The fraction of sp³-hybridized carbons (Fsp3) is 0.533. The molecule has 4 nitrogen and oxygen atoms in total. The molecule has 4 heteroatoms. The molecule has 0 aliphatic carbocycles. The van der Waals surface area contributed by atoms with Gasteiger partial charge in [-0.1, -0.05) is 19.1 Å². The van der Waals surface area contributed by atoms with Crippen molar-refractivity contribution in [3.63, 3.8) is 0 Å². The van der Waals surface area contributed by atoms with Crippen LogP contribution >= 0.6 is 0 Å². The molecule has 0 bridgehead atoms. The summed E-state index contributed by atoms with van der Waals surface area (Å²) in [4.78, 5) is 13.3. The number of nitrogens with zero attached hydrogens (tertiary/aromatic N) is 1. The van der Waals surface area contributed by atoms with E-state index in [1.165, 1.54) is 0 Å². The largest absolute Gasteiger partial charge is 0.497 e. The Bertz CT molecular complexity index is 433. The van der Waals surface area contributed by atoms with E-state index in [1.807, 2.05) is 43.1 Å². The lowest BCUT2D eigenvalue weighted by molar-refractivity contribution is -0.149. The number of carboxylic acid groups (broad SMARTS) is 1. The van der Waals surface area contributed by atoms with Crippen LogP contribution in [0.25, 0.3) is 0 Å². The van der Waals surface area contributed by atoms with E-state index in [1.54, 1.807) is 14.0 Å². The van der Waals surface area contributed by atoms with Crippen molar-refractivity contribution in [3.05, 3.63) is 29.8 Å². The molecule has 0 radical (unpaired) electrons. The van der Waals surface area contributed by atoms with E-state index >= 15 is 0 Å². The molecule has 1 unspecified atom stereocenters. The van der Waals surface area contributed by atoms with Crippen molar-refractivity contribution in [2.45, 2.75) is 26.8 Å². The zero-order valence-electron chi connectivity index (χ0n) is 12.1. The molecule has 1 aromatic rings. The van der Waals surface area contributed by atoms with Crippen LogP contribution in [0.3, 0.4) is 0 Å². The maximum Gasteiger partial charge on any atom is 0.310 e. The molecule has 0 amide bonds. The van der Waals surface area contributed by atoms with Crippen LogP contribution in [0, 0.1) is 5.41 Å². The number of rotatable bonds is 7. The predicted molar refractivity (Wildman–Crippen MR) is 75.4 cm³/mol. The van der Waals surface area contributed by atoms with E-state index in [4.69, 9.17) is 4.74 Å². The first-order valence-electron chi connectivity index (χ1n) is 6.46. The third-order valence-corrected chi connectivity index (χ3v) is 3.50. The van der Waals surface area contributed by atoms with E-state index in [2.05, 4.69) is 0 Å². The van der Waals surface area contributed by atoms with Gasteiger partial charge in [0.15, 0.2) is 0 Å². The number of hydrogen-bond donors (Lipinski definition) is 1. The van der Waals surface area contributed by atoms with Crippen molar-refractivity contribution in [2.24, 2.45) is 5.41 Å². The summed E-state index contributed by atoms with van der Waals surface area (Å²) in [5.74, 6) is 0.0786. The van der Waals surface area contributed by atoms with Gasteiger partial charge in [-0.3, -0.25) is 4.79 Å². The van der Waals surface area contributed by atoms with Crippen molar-refractivity contribution in [1.82, 2.24) is 4.90 Å². The van der Waals surface area contributed by atoms with Gasteiger partial charge in [0.05, 0.1) is 12.5 Å². The average Bonchev–Trinajstić information content (AvgIpc) is 2.38. The summed E-state index contributed by atoms with van der Waals surface area (Å²) in [5, 5.41) is 9.28. The lowest BCUT2D eigenvalue weighted by Gasteiger charge is -2.29. The molecule has 1 N–H and O–H groups in total. The Labute approximate surface area is 115 Å². The molecular weight excluding hydrogens is 242 g/mol. The summed E-state index contributed by atoms with van der Waals surface area (Å²) in [6, 6.07) is 7.83. The van der Waals surface area contributed by atoms with Crippen molar-refractivity contribution >= 4 is 5.97 Å². The van der Waals surface area contributed by atoms with Crippen molar-refractivity contribution in [3.8, 4) is 5.75 Å². The molecule has 0 saturated carbocycles. The quantitative estimate of drug-likeness (QED) is 0.823. The number of hydrogen-bond acceptors (Lipinski definition) is 3. The minimum Gasteiger partial charge on any atom is -0.497 e. The molecule has 1 aromatic carbocycles. The molecule has 106 valence electrons. The molecule has 0 spiro atoms. The lowest BCUT2D eigenvalue weighted by atomic mass is 9.87. The predicted octanol–water partition coefficient (Wildman–Crippen LogP) is 2.63. The van der Waals surface area contributed by atoms with E-state index < -0.39 is 11.4 Å². The Hall–Kier alpha value is -1.55. The van der Waals surface area contributed by atoms with Crippen LogP contribution in [0.2, 0.25) is 0 Å². The van der Waals surface area contributed by atoms with Crippen LogP contribution in [-0.4, -0.2) is 36.7 Å². The van der Waals surface area contributed by atoms with Gasteiger partial charge in [-0.15, -0.1) is 0 Å². The molecule has 19 heavy (non-hydrogen) atoms. The number of benzene rings is 1. The van der Waals surface area contributed by atoms with E-state index in [9.17, 15) is 9.90 Å². The fourth-order valence-corrected chi connectivity index (χ4v) is 2.06. The second-order valence-corrected chi connectivity index (χ2v) is 5.24. The van der Waals surface area contributed by atoms with Gasteiger partial charge in [-0.2, -0.15) is 0 Å². The summed E-state index contributed by atoms with van der Waals surface area (Å²) >= 11 is 0. The first-order chi connectivity index (χ1) is 8.91. The number of ether oxygens (including phenoxy) is 1. The van der Waals surface area contributed by atoms with E-state index in [0.29, 0.717) is 19.5 Å². The fourth-order valence-electron chi connectivity index (χ4n) is 2.06. The Morgan fingerprint density at radius 1 is 1.47 bits per heavy atom. The lowest BCUT2D eigenvalue weighted by Crippen LogP contribution is -2.38. The minimum atomic E-state index is -0.743. The third-order valence-electron chi connectivity index (χ3n) is 3.50. The summed E-state index contributed by atoms with van der Waals surface area (Å²) < 4.78 is 5.18. The molecule has 0 fully saturated rings. The minimum absolute atomic E-state index is 0.524. The van der Waals surface area contributed by atoms with Gasteiger partial charge in [0.2, 0.25) is 0 Å². The van der Waals surface area contributed by atoms with Crippen LogP contribution in [0.5, 0.6) is 5.75 Å². The first-order valence-corrected chi connectivity index (χ1v) is 6.46. The zero-order chi connectivity index (χ0) is 14.5. The smallest absolute Gasteiger partial charge is 0.310 e. The van der Waals surface area contributed by atoms with Gasteiger partial charge in [0, 0.05) is 13.1 Å². The Balaban J connectivity index is 2.69. The standard InChI is InChI=1S/C15H23NO3/c1-5-15(2,14(17)18)11-16(3)10-12-7-6-8-13(9-12)19-4/h6-9H,5,10-11H2,1-4H3,(H,17,18). The Morgan fingerprint density at radius 3 is 2.68 bits per heavy atom. The van der Waals surface area contributed by atoms with Crippen LogP contribution < -0.4 is 4.74 Å². The highest BCUT2D eigenvalue weighted by Gasteiger charge is 2.32. The SMILES string of the molecule is CCC(C)(CN(C)Cc1cccc(OC)c1)C(=O)O. The van der Waals surface area contributed by atoms with Gasteiger partial charge in [-0.25, -0.2) is 0 Å². The van der Waals surface area contributed by atoms with Gasteiger partial charge < -0.3 is 14.7 Å².